The van der Waals surface area contributed by atoms with Crippen molar-refractivity contribution in [1.82, 2.24) is 0 Å². The molecule has 0 amide bonds. The Bertz CT molecular complexity index is 520. The van der Waals surface area contributed by atoms with E-state index in [1.807, 2.05) is 26.0 Å². The minimum Gasteiger partial charge on any atom is -0.423 e. The number of fused-ring (bicyclic) bond motifs is 1. The molecule has 4 heteroatoms. The SMILES string of the molecule is CC.NCCNc1ccc2ccc(=O)oc2c1. The van der Waals surface area contributed by atoms with Crippen LogP contribution in [0.25, 0.3) is 11.0 Å². The lowest BCUT2D eigenvalue weighted by molar-refractivity contribution is 0.561. The molecule has 1 heterocycles. The van der Waals surface area contributed by atoms with Crippen LogP contribution in [0.4, 0.5) is 5.69 Å². The third-order valence-corrected chi connectivity index (χ3v) is 2.10. The molecule has 0 aliphatic carbocycles. The summed E-state index contributed by atoms with van der Waals surface area (Å²) in [6.45, 7) is 5.26. The third kappa shape index (κ3) is 3.60. The van der Waals surface area contributed by atoms with E-state index in [2.05, 4.69) is 5.32 Å². The second-order valence-corrected chi connectivity index (χ2v) is 3.22. The molecule has 92 valence electrons. The summed E-state index contributed by atoms with van der Waals surface area (Å²) in [6, 6.07) is 8.78. The Kier molecular flexibility index (Phi) is 5.23. The fourth-order valence-corrected chi connectivity index (χ4v) is 1.39. The van der Waals surface area contributed by atoms with Crippen molar-refractivity contribution < 1.29 is 4.42 Å². The number of nitrogens with one attached hydrogen (secondary N) is 1. The monoisotopic (exact) mass is 234 g/mol. The van der Waals surface area contributed by atoms with Crippen LogP contribution < -0.4 is 16.7 Å². The Morgan fingerprint density at radius 1 is 1.24 bits per heavy atom. The minimum absolute atomic E-state index is 0.335. The van der Waals surface area contributed by atoms with Gasteiger partial charge in [-0.1, -0.05) is 13.8 Å². The average Bonchev–Trinajstić information content (AvgIpc) is 2.38. The summed E-state index contributed by atoms with van der Waals surface area (Å²) >= 11 is 0. The molecule has 0 bridgehead atoms. The van der Waals surface area contributed by atoms with Crippen LogP contribution in [0.5, 0.6) is 0 Å². The van der Waals surface area contributed by atoms with Gasteiger partial charge in [-0.05, 0) is 18.2 Å². The maximum absolute atomic E-state index is 11.0. The van der Waals surface area contributed by atoms with E-state index >= 15 is 0 Å². The normalized spacial score (nSPS) is 9.59. The molecule has 2 rings (SSSR count). The van der Waals surface area contributed by atoms with Crippen molar-refractivity contribution in [2.75, 3.05) is 18.4 Å². The number of hydrogen-bond acceptors (Lipinski definition) is 4. The van der Waals surface area contributed by atoms with Gasteiger partial charge < -0.3 is 15.5 Å². The molecule has 0 aliphatic heterocycles. The van der Waals surface area contributed by atoms with Gasteiger partial charge in [0.2, 0.25) is 0 Å². The van der Waals surface area contributed by atoms with Crippen molar-refractivity contribution in [1.29, 1.82) is 0 Å². The second kappa shape index (κ2) is 6.70. The Morgan fingerprint density at radius 3 is 2.65 bits per heavy atom. The first-order valence-corrected chi connectivity index (χ1v) is 5.77. The number of hydrogen-bond donors (Lipinski definition) is 2. The van der Waals surface area contributed by atoms with Crippen LogP contribution in [0, 0.1) is 0 Å². The van der Waals surface area contributed by atoms with Gasteiger partial charge in [-0.15, -0.1) is 0 Å². The zero-order chi connectivity index (χ0) is 12.7. The molecule has 2 aromatic rings. The molecule has 1 aromatic carbocycles. The smallest absolute Gasteiger partial charge is 0.336 e. The van der Waals surface area contributed by atoms with E-state index in [9.17, 15) is 4.79 Å². The van der Waals surface area contributed by atoms with Crippen LogP contribution >= 0.6 is 0 Å². The van der Waals surface area contributed by atoms with Crippen LogP contribution in [0.2, 0.25) is 0 Å². The Labute approximate surface area is 100 Å². The first-order chi connectivity index (χ1) is 8.29. The van der Waals surface area contributed by atoms with Crippen molar-refractivity contribution in [3.05, 3.63) is 40.8 Å². The summed E-state index contributed by atoms with van der Waals surface area (Å²) in [5, 5.41) is 4.03. The van der Waals surface area contributed by atoms with E-state index in [1.54, 1.807) is 12.1 Å². The molecule has 0 spiro atoms. The average molecular weight is 234 g/mol. The number of benzene rings is 1. The molecule has 0 atom stereocenters. The fraction of sp³-hybridized carbons (Fsp3) is 0.308. The fourth-order valence-electron chi connectivity index (χ4n) is 1.39. The van der Waals surface area contributed by atoms with Gasteiger partial charge in [0, 0.05) is 36.3 Å². The van der Waals surface area contributed by atoms with E-state index in [0.717, 1.165) is 11.1 Å². The number of rotatable bonds is 3. The molecular formula is C13H18N2O2. The molecule has 4 nitrogen and oxygen atoms in total. The van der Waals surface area contributed by atoms with Gasteiger partial charge >= 0.3 is 5.63 Å². The molecule has 3 N–H and O–H groups in total. The molecule has 17 heavy (non-hydrogen) atoms. The van der Waals surface area contributed by atoms with Gasteiger partial charge in [0.25, 0.3) is 0 Å². The maximum atomic E-state index is 11.0. The lowest BCUT2D eigenvalue weighted by Gasteiger charge is -2.04. The third-order valence-electron chi connectivity index (χ3n) is 2.10. The largest absolute Gasteiger partial charge is 0.423 e. The van der Waals surface area contributed by atoms with E-state index < -0.39 is 0 Å². The molecule has 0 aliphatic rings. The van der Waals surface area contributed by atoms with E-state index in [-0.39, 0.29) is 5.63 Å². The van der Waals surface area contributed by atoms with Gasteiger partial charge in [0.05, 0.1) is 0 Å². The highest BCUT2D eigenvalue weighted by Crippen LogP contribution is 2.16. The first kappa shape index (κ1) is 13.3. The summed E-state index contributed by atoms with van der Waals surface area (Å²) in [5.41, 5.74) is 6.53. The molecule has 0 saturated heterocycles. The van der Waals surface area contributed by atoms with E-state index in [4.69, 9.17) is 10.2 Å². The maximum Gasteiger partial charge on any atom is 0.336 e. The predicted octanol–water partition coefficient (Wildman–Crippen LogP) is 2.19. The standard InChI is InChI=1S/C11H12N2O2.C2H6/c12-5-6-13-9-3-1-8-2-4-11(14)15-10(8)7-9;1-2/h1-4,7,13H,5-6,12H2;1-2H3. The lowest BCUT2D eigenvalue weighted by atomic mass is 10.2. The van der Waals surface area contributed by atoms with Gasteiger partial charge in [0.1, 0.15) is 5.58 Å². The zero-order valence-corrected chi connectivity index (χ0v) is 10.2. The molecule has 0 fully saturated rings. The van der Waals surface area contributed by atoms with Crippen LogP contribution in [0.1, 0.15) is 13.8 Å². The Hall–Kier alpha value is -1.81. The highest BCUT2D eigenvalue weighted by molar-refractivity contribution is 5.80. The van der Waals surface area contributed by atoms with Crippen LogP contribution in [-0.2, 0) is 0 Å². The molecule has 0 saturated carbocycles. The van der Waals surface area contributed by atoms with Crippen molar-refractivity contribution >= 4 is 16.7 Å². The van der Waals surface area contributed by atoms with Crippen LogP contribution in [-0.4, -0.2) is 13.1 Å². The van der Waals surface area contributed by atoms with Crippen molar-refractivity contribution in [2.45, 2.75) is 13.8 Å². The van der Waals surface area contributed by atoms with E-state index in [1.165, 1.54) is 6.07 Å². The van der Waals surface area contributed by atoms with Crippen molar-refractivity contribution in [2.24, 2.45) is 5.73 Å². The summed E-state index contributed by atoms with van der Waals surface area (Å²) in [4.78, 5) is 11.0. The van der Waals surface area contributed by atoms with Gasteiger partial charge in [0.15, 0.2) is 0 Å². The summed E-state index contributed by atoms with van der Waals surface area (Å²) < 4.78 is 5.06. The predicted molar refractivity (Wildman–Crippen MR) is 71.4 cm³/mol. The van der Waals surface area contributed by atoms with E-state index in [0.29, 0.717) is 18.7 Å². The lowest BCUT2D eigenvalue weighted by Crippen LogP contribution is -2.12. The molecule has 0 radical (unpaired) electrons. The number of nitrogens with two attached hydrogens (primary N) is 1. The van der Waals surface area contributed by atoms with Crippen LogP contribution in [0.3, 0.4) is 0 Å². The Morgan fingerprint density at radius 2 is 1.94 bits per heavy atom. The topological polar surface area (TPSA) is 68.3 Å². The highest BCUT2D eigenvalue weighted by atomic mass is 16.4. The Balaban J connectivity index is 0.000000686. The summed E-state index contributed by atoms with van der Waals surface area (Å²) in [5.74, 6) is 0. The van der Waals surface area contributed by atoms with Gasteiger partial charge in [-0.2, -0.15) is 0 Å². The van der Waals surface area contributed by atoms with Crippen molar-refractivity contribution in [3.63, 3.8) is 0 Å². The number of anilines is 1. The first-order valence-electron chi connectivity index (χ1n) is 5.77. The molecule has 0 unspecified atom stereocenters. The van der Waals surface area contributed by atoms with Crippen LogP contribution in [0.15, 0.2) is 39.5 Å². The van der Waals surface area contributed by atoms with Gasteiger partial charge in [-0.3, -0.25) is 0 Å². The van der Waals surface area contributed by atoms with Gasteiger partial charge in [-0.25, -0.2) is 4.79 Å². The second-order valence-electron chi connectivity index (χ2n) is 3.22. The summed E-state index contributed by atoms with van der Waals surface area (Å²) in [7, 11) is 0. The summed E-state index contributed by atoms with van der Waals surface area (Å²) in [6.07, 6.45) is 0. The quantitative estimate of drug-likeness (QED) is 0.799. The zero-order valence-electron chi connectivity index (χ0n) is 10.2. The highest BCUT2D eigenvalue weighted by Gasteiger charge is 1.98. The molecule has 1 aromatic heterocycles. The van der Waals surface area contributed by atoms with Crippen molar-refractivity contribution in [3.8, 4) is 0 Å². The minimum atomic E-state index is -0.335. The molecular weight excluding hydrogens is 216 g/mol.